The number of benzene rings is 1. The average molecular weight is 269 g/mol. The summed E-state index contributed by atoms with van der Waals surface area (Å²) in [5.41, 5.74) is 2.35. The van der Waals surface area contributed by atoms with E-state index in [0.717, 1.165) is 35.5 Å². The Labute approximate surface area is 118 Å². The first-order valence-corrected chi connectivity index (χ1v) is 6.97. The predicted octanol–water partition coefficient (Wildman–Crippen LogP) is 3.10. The van der Waals surface area contributed by atoms with Gasteiger partial charge in [-0.1, -0.05) is 25.1 Å². The van der Waals surface area contributed by atoms with Gasteiger partial charge in [-0.3, -0.25) is 4.68 Å². The summed E-state index contributed by atoms with van der Waals surface area (Å²) in [7, 11) is 0. The van der Waals surface area contributed by atoms with Crippen LogP contribution in [0.4, 0.5) is 0 Å². The minimum atomic E-state index is 0.667. The molecule has 0 unspecified atom stereocenters. The van der Waals surface area contributed by atoms with Gasteiger partial charge in [0.05, 0.1) is 18.3 Å². The van der Waals surface area contributed by atoms with Gasteiger partial charge in [0, 0.05) is 17.5 Å². The molecule has 0 atom stereocenters. The van der Waals surface area contributed by atoms with Crippen LogP contribution in [0.5, 0.6) is 0 Å². The highest BCUT2D eigenvalue weighted by Crippen LogP contribution is 2.18. The molecular weight excluding hydrogens is 250 g/mol. The molecule has 3 rings (SSSR count). The minimum absolute atomic E-state index is 0.667. The van der Waals surface area contributed by atoms with Crippen LogP contribution >= 0.6 is 0 Å². The van der Waals surface area contributed by atoms with E-state index in [4.69, 9.17) is 4.42 Å². The van der Waals surface area contributed by atoms with Gasteiger partial charge in [-0.2, -0.15) is 5.10 Å². The van der Waals surface area contributed by atoms with Gasteiger partial charge in [-0.25, -0.2) is 0 Å². The molecule has 0 amide bonds. The summed E-state index contributed by atoms with van der Waals surface area (Å²) in [6, 6.07) is 10.3. The first-order chi connectivity index (χ1) is 9.78. The fraction of sp³-hybridized carbons (Fsp3) is 0.312. The van der Waals surface area contributed by atoms with Crippen LogP contribution in [0.3, 0.4) is 0 Å². The van der Waals surface area contributed by atoms with Crippen LogP contribution in [0.2, 0.25) is 0 Å². The average Bonchev–Trinajstić information content (AvgIpc) is 3.01. The van der Waals surface area contributed by atoms with Gasteiger partial charge in [0.2, 0.25) is 0 Å². The molecule has 1 aromatic carbocycles. The summed E-state index contributed by atoms with van der Waals surface area (Å²) in [5, 5.41) is 8.91. The van der Waals surface area contributed by atoms with Crippen LogP contribution < -0.4 is 5.32 Å². The van der Waals surface area contributed by atoms with Crippen molar-refractivity contribution in [3.63, 3.8) is 0 Å². The van der Waals surface area contributed by atoms with Crippen molar-refractivity contribution in [2.75, 3.05) is 6.54 Å². The summed E-state index contributed by atoms with van der Waals surface area (Å²) in [6.45, 7) is 6.60. The Morgan fingerprint density at radius 3 is 3.00 bits per heavy atom. The normalized spacial score (nSPS) is 11.3. The Morgan fingerprint density at radius 1 is 1.30 bits per heavy atom. The van der Waals surface area contributed by atoms with Gasteiger partial charge in [-0.05, 0) is 25.6 Å². The SMILES string of the molecule is CCNCc1cc(Cn2ncc3ccccc32)oc1C. The minimum Gasteiger partial charge on any atom is -0.464 e. The van der Waals surface area contributed by atoms with Crippen molar-refractivity contribution in [2.24, 2.45) is 0 Å². The van der Waals surface area contributed by atoms with Gasteiger partial charge in [0.25, 0.3) is 0 Å². The third-order valence-corrected chi connectivity index (χ3v) is 3.49. The van der Waals surface area contributed by atoms with Gasteiger partial charge in [0.15, 0.2) is 0 Å². The lowest BCUT2D eigenvalue weighted by atomic mass is 10.2. The second-order valence-electron chi connectivity index (χ2n) is 4.94. The number of hydrogen-bond donors (Lipinski definition) is 1. The van der Waals surface area contributed by atoms with E-state index in [-0.39, 0.29) is 0 Å². The zero-order valence-electron chi connectivity index (χ0n) is 11.9. The van der Waals surface area contributed by atoms with Crippen LogP contribution in [0.25, 0.3) is 10.9 Å². The maximum atomic E-state index is 5.83. The number of furan rings is 1. The van der Waals surface area contributed by atoms with Crippen LogP contribution in [-0.4, -0.2) is 16.3 Å². The lowest BCUT2D eigenvalue weighted by Crippen LogP contribution is -2.11. The third-order valence-electron chi connectivity index (χ3n) is 3.49. The molecule has 20 heavy (non-hydrogen) atoms. The van der Waals surface area contributed by atoms with Gasteiger partial charge < -0.3 is 9.73 Å². The van der Waals surface area contributed by atoms with Crippen molar-refractivity contribution in [1.29, 1.82) is 0 Å². The molecule has 2 aromatic heterocycles. The molecule has 0 fully saturated rings. The number of rotatable bonds is 5. The van der Waals surface area contributed by atoms with E-state index in [1.54, 1.807) is 0 Å². The Kier molecular flexibility index (Phi) is 3.56. The van der Waals surface area contributed by atoms with Gasteiger partial charge in [-0.15, -0.1) is 0 Å². The number of hydrogen-bond acceptors (Lipinski definition) is 3. The van der Waals surface area contributed by atoms with E-state index in [0.29, 0.717) is 6.54 Å². The molecule has 0 radical (unpaired) electrons. The van der Waals surface area contributed by atoms with Crippen molar-refractivity contribution in [3.8, 4) is 0 Å². The van der Waals surface area contributed by atoms with Crippen molar-refractivity contribution in [1.82, 2.24) is 15.1 Å². The molecular formula is C16H19N3O. The topological polar surface area (TPSA) is 43.0 Å². The number of nitrogens with zero attached hydrogens (tertiary/aromatic N) is 2. The molecule has 0 aliphatic heterocycles. The molecule has 3 aromatic rings. The number of aryl methyl sites for hydroxylation is 1. The molecule has 0 spiro atoms. The predicted molar refractivity (Wildman–Crippen MR) is 79.7 cm³/mol. The first-order valence-electron chi connectivity index (χ1n) is 6.97. The van der Waals surface area contributed by atoms with E-state index in [9.17, 15) is 0 Å². The Bertz CT molecular complexity index is 711. The fourth-order valence-corrected chi connectivity index (χ4v) is 2.40. The molecule has 1 N–H and O–H groups in total. The van der Waals surface area contributed by atoms with Crippen LogP contribution in [0.1, 0.15) is 24.0 Å². The van der Waals surface area contributed by atoms with E-state index in [1.807, 2.05) is 29.9 Å². The number of nitrogens with one attached hydrogen (secondary N) is 1. The highest BCUT2D eigenvalue weighted by atomic mass is 16.3. The maximum absolute atomic E-state index is 5.83. The molecule has 0 bridgehead atoms. The number of aromatic nitrogens is 2. The number of para-hydroxylation sites is 1. The lowest BCUT2D eigenvalue weighted by molar-refractivity contribution is 0.460. The first kappa shape index (κ1) is 12.9. The Morgan fingerprint density at radius 2 is 2.15 bits per heavy atom. The quantitative estimate of drug-likeness (QED) is 0.774. The summed E-state index contributed by atoms with van der Waals surface area (Å²) in [6.07, 6.45) is 1.89. The zero-order chi connectivity index (χ0) is 13.9. The van der Waals surface area contributed by atoms with Crippen LogP contribution in [0, 0.1) is 6.92 Å². The summed E-state index contributed by atoms with van der Waals surface area (Å²) < 4.78 is 7.81. The highest BCUT2D eigenvalue weighted by molar-refractivity contribution is 5.78. The molecule has 4 heteroatoms. The van der Waals surface area contributed by atoms with E-state index in [1.165, 1.54) is 5.56 Å². The second kappa shape index (κ2) is 5.51. The molecule has 2 heterocycles. The molecule has 0 aliphatic rings. The van der Waals surface area contributed by atoms with Crippen molar-refractivity contribution in [3.05, 3.63) is 53.6 Å². The molecule has 0 aliphatic carbocycles. The van der Waals surface area contributed by atoms with Gasteiger partial charge >= 0.3 is 0 Å². The lowest BCUT2D eigenvalue weighted by Gasteiger charge is -2.00. The molecule has 104 valence electrons. The van der Waals surface area contributed by atoms with Gasteiger partial charge in [0.1, 0.15) is 11.5 Å². The standard InChI is InChI=1S/C16H19N3O/c1-3-17-9-14-8-15(20-12(14)2)11-19-16-7-5-4-6-13(16)10-18-19/h4-8,10,17H,3,9,11H2,1-2H3. The highest BCUT2D eigenvalue weighted by Gasteiger charge is 2.09. The van der Waals surface area contributed by atoms with E-state index in [2.05, 4.69) is 35.5 Å². The van der Waals surface area contributed by atoms with Crippen LogP contribution in [0.15, 0.2) is 40.9 Å². The van der Waals surface area contributed by atoms with Crippen molar-refractivity contribution < 1.29 is 4.42 Å². The maximum Gasteiger partial charge on any atom is 0.126 e. The Balaban J connectivity index is 1.84. The molecule has 0 saturated carbocycles. The van der Waals surface area contributed by atoms with Crippen LogP contribution in [-0.2, 0) is 13.1 Å². The largest absolute Gasteiger partial charge is 0.464 e. The molecule has 0 saturated heterocycles. The van der Waals surface area contributed by atoms with Crippen molar-refractivity contribution >= 4 is 10.9 Å². The smallest absolute Gasteiger partial charge is 0.126 e. The summed E-state index contributed by atoms with van der Waals surface area (Å²) in [4.78, 5) is 0. The van der Waals surface area contributed by atoms with E-state index >= 15 is 0 Å². The summed E-state index contributed by atoms with van der Waals surface area (Å²) in [5.74, 6) is 1.93. The summed E-state index contributed by atoms with van der Waals surface area (Å²) >= 11 is 0. The molecule has 4 nitrogen and oxygen atoms in total. The zero-order valence-corrected chi connectivity index (χ0v) is 11.9. The Hall–Kier alpha value is -2.07. The fourth-order valence-electron chi connectivity index (χ4n) is 2.40. The van der Waals surface area contributed by atoms with Crippen molar-refractivity contribution in [2.45, 2.75) is 26.9 Å². The van der Waals surface area contributed by atoms with E-state index < -0.39 is 0 Å². The second-order valence-corrected chi connectivity index (χ2v) is 4.94. The number of fused-ring (bicyclic) bond motifs is 1. The third kappa shape index (κ3) is 2.47. The monoisotopic (exact) mass is 269 g/mol.